The van der Waals surface area contributed by atoms with Crippen molar-refractivity contribution in [3.05, 3.63) is 21.4 Å². The lowest BCUT2D eigenvalue weighted by Crippen LogP contribution is -2.20. The first-order valence-electron chi connectivity index (χ1n) is 4.52. The normalized spacial score (nSPS) is 13.2. The summed E-state index contributed by atoms with van der Waals surface area (Å²) >= 11 is 3.17. The van der Waals surface area contributed by atoms with Crippen molar-refractivity contribution in [3.63, 3.8) is 0 Å². The molecule has 1 unspecified atom stereocenters. The first-order chi connectivity index (χ1) is 7.63. The highest BCUT2D eigenvalue weighted by Crippen LogP contribution is 2.15. The average Bonchev–Trinajstić information content (AvgIpc) is 2.58. The number of H-pyrrole nitrogens is 1. The molecular weight excluding hydrogens is 280 g/mol. The van der Waals surface area contributed by atoms with E-state index in [1.165, 1.54) is 10.9 Å². The fraction of sp³-hybridized carbons (Fsp3) is 0.375. The molecule has 1 atom stereocenters. The number of hydrogen-bond acceptors (Lipinski definition) is 5. The largest absolute Gasteiger partial charge is 0.394 e. The van der Waals surface area contributed by atoms with Gasteiger partial charge in [0.1, 0.15) is 0 Å². The van der Waals surface area contributed by atoms with E-state index in [-0.39, 0.29) is 24.2 Å². The number of nitrogens with one attached hydrogen (secondary N) is 1. The highest BCUT2D eigenvalue weighted by Gasteiger charge is 2.14. The molecule has 2 heterocycles. The Morgan fingerprint density at radius 2 is 2.38 bits per heavy atom. The minimum Gasteiger partial charge on any atom is -0.394 e. The zero-order valence-electron chi connectivity index (χ0n) is 8.09. The first-order valence-corrected chi connectivity index (χ1v) is 5.31. The van der Waals surface area contributed by atoms with E-state index >= 15 is 0 Å². The van der Waals surface area contributed by atoms with Gasteiger partial charge in [-0.2, -0.15) is 0 Å². The minimum absolute atomic E-state index is 0.115. The number of nitrogens with zero attached hydrogens (tertiary/aromatic N) is 3. The molecule has 2 rings (SSSR count). The third-order valence-corrected chi connectivity index (χ3v) is 2.70. The molecule has 0 spiro atoms. The van der Waals surface area contributed by atoms with Gasteiger partial charge in [-0.15, -0.1) is 0 Å². The SMILES string of the molecule is O=c1[nH]cnc2c1nc(Br)n2CC(O)CO. The van der Waals surface area contributed by atoms with Gasteiger partial charge in [0.15, 0.2) is 15.9 Å². The molecule has 2 aromatic heterocycles. The zero-order chi connectivity index (χ0) is 11.7. The fourth-order valence-electron chi connectivity index (χ4n) is 1.35. The summed E-state index contributed by atoms with van der Waals surface area (Å²) in [6.07, 6.45) is 0.343. The standard InChI is InChI=1S/C8H9BrN4O3/c9-8-12-5-6(10-3-11-7(5)16)13(8)1-4(15)2-14/h3-4,14-15H,1-2H2,(H,10,11,16). The second-order valence-corrected chi connectivity index (χ2v) is 3.94. The van der Waals surface area contributed by atoms with E-state index < -0.39 is 6.10 Å². The van der Waals surface area contributed by atoms with Crippen molar-refractivity contribution in [1.82, 2.24) is 19.5 Å². The number of aromatic amines is 1. The zero-order valence-corrected chi connectivity index (χ0v) is 9.68. The molecule has 0 amide bonds. The summed E-state index contributed by atoms with van der Waals surface area (Å²) in [6.45, 7) is -0.251. The van der Waals surface area contributed by atoms with Crippen molar-refractivity contribution in [3.8, 4) is 0 Å². The van der Waals surface area contributed by atoms with Gasteiger partial charge in [-0.3, -0.25) is 4.79 Å². The van der Waals surface area contributed by atoms with Gasteiger partial charge in [0.05, 0.1) is 25.6 Å². The first kappa shape index (κ1) is 11.2. The smallest absolute Gasteiger partial charge is 0.278 e. The molecule has 16 heavy (non-hydrogen) atoms. The number of aromatic nitrogens is 4. The highest BCUT2D eigenvalue weighted by molar-refractivity contribution is 9.10. The van der Waals surface area contributed by atoms with Gasteiger partial charge >= 0.3 is 0 Å². The van der Waals surface area contributed by atoms with Gasteiger partial charge in [-0.1, -0.05) is 0 Å². The van der Waals surface area contributed by atoms with Gasteiger partial charge in [-0.05, 0) is 15.9 Å². The van der Waals surface area contributed by atoms with E-state index in [0.717, 1.165) is 0 Å². The second-order valence-electron chi connectivity index (χ2n) is 3.23. The third-order valence-electron chi connectivity index (χ3n) is 2.10. The van der Waals surface area contributed by atoms with E-state index in [4.69, 9.17) is 5.11 Å². The third kappa shape index (κ3) is 1.86. The molecule has 0 aromatic carbocycles. The Hall–Kier alpha value is -1.25. The number of rotatable bonds is 3. The molecule has 0 bridgehead atoms. The Labute approximate surface area is 97.9 Å². The summed E-state index contributed by atoms with van der Waals surface area (Å²) in [5.74, 6) is 0. The maximum atomic E-state index is 11.4. The van der Waals surface area contributed by atoms with Crippen LogP contribution in [0.3, 0.4) is 0 Å². The monoisotopic (exact) mass is 288 g/mol. The Bertz CT molecular complexity index is 564. The molecule has 86 valence electrons. The van der Waals surface area contributed by atoms with Gasteiger partial charge in [0.25, 0.3) is 5.56 Å². The van der Waals surface area contributed by atoms with E-state index in [2.05, 4.69) is 30.9 Å². The summed E-state index contributed by atoms with van der Waals surface area (Å²) in [6, 6.07) is 0. The molecule has 0 aliphatic heterocycles. The molecular formula is C8H9BrN4O3. The van der Waals surface area contributed by atoms with Crippen LogP contribution in [-0.2, 0) is 6.54 Å². The van der Waals surface area contributed by atoms with E-state index in [0.29, 0.717) is 10.4 Å². The number of halogens is 1. The highest BCUT2D eigenvalue weighted by atomic mass is 79.9. The molecule has 8 heteroatoms. The quantitative estimate of drug-likeness (QED) is 0.644. The topological polar surface area (TPSA) is 104 Å². The molecule has 0 aliphatic carbocycles. The van der Waals surface area contributed by atoms with Crippen LogP contribution >= 0.6 is 15.9 Å². The van der Waals surface area contributed by atoms with Crippen LogP contribution in [0.4, 0.5) is 0 Å². The molecule has 2 aromatic rings. The second kappa shape index (κ2) is 4.32. The molecule has 0 fully saturated rings. The van der Waals surface area contributed by atoms with Crippen LogP contribution in [0.15, 0.2) is 15.9 Å². The summed E-state index contributed by atoms with van der Waals surface area (Å²) in [4.78, 5) is 21.8. The van der Waals surface area contributed by atoms with Crippen molar-refractivity contribution in [1.29, 1.82) is 0 Å². The van der Waals surface area contributed by atoms with Gasteiger partial charge in [0, 0.05) is 0 Å². The lowest BCUT2D eigenvalue weighted by atomic mass is 10.4. The molecule has 0 saturated carbocycles. The molecule has 0 saturated heterocycles. The van der Waals surface area contributed by atoms with Crippen LogP contribution in [0.1, 0.15) is 0 Å². The van der Waals surface area contributed by atoms with E-state index in [9.17, 15) is 9.90 Å². The fourth-order valence-corrected chi connectivity index (χ4v) is 1.84. The van der Waals surface area contributed by atoms with Crippen LogP contribution in [0.25, 0.3) is 11.2 Å². The summed E-state index contributed by atoms with van der Waals surface area (Å²) in [5, 5.41) is 18.1. The van der Waals surface area contributed by atoms with Crippen LogP contribution in [0.2, 0.25) is 0 Å². The molecule has 0 radical (unpaired) electrons. The van der Waals surface area contributed by atoms with Gasteiger partial charge in [0.2, 0.25) is 0 Å². The van der Waals surface area contributed by atoms with Gasteiger partial charge < -0.3 is 19.8 Å². The predicted octanol–water partition coefficient (Wildman–Crippen LogP) is -0.765. The lowest BCUT2D eigenvalue weighted by Gasteiger charge is -2.09. The van der Waals surface area contributed by atoms with Gasteiger partial charge in [-0.25, -0.2) is 9.97 Å². The van der Waals surface area contributed by atoms with Crippen molar-refractivity contribution in [2.45, 2.75) is 12.6 Å². The molecule has 0 aliphatic rings. The van der Waals surface area contributed by atoms with Crippen LogP contribution in [0, 0.1) is 0 Å². The van der Waals surface area contributed by atoms with Crippen LogP contribution in [-0.4, -0.2) is 42.4 Å². The van der Waals surface area contributed by atoms with E-state index in [1.54, 1.807) is 0 Å². The maximum Gasteiger partial charge on any atom is 0.278 e. The maximum absolute atomic E-state index is 11.4. The predicted molar refractivity (Wildman–Crippen MR) is 58.9 cm³/mol. The number of aliphatic hydroxyl groups is 2. The number of aliphatic hydroxyl groups excluding tert-OH is 2. The number of imidazole rings is 1. The average molecular weight is 289 g/mol. The summed E-state index contributed by atoms with van der Waals surface area (Å²) in [7, 11) is 0. The Balaban J connectivity index is 2.56. The molecule has 3 N–H and O–H groups in total. The summed E-state index contributed by atoms with van der Waals surface area (Å²) < 4.78 is 1.91. The van der Waals surface area contributed by atoms with Crippen molar-refractivity contribution >= 4 is 27.1 Å². The Kier molecular flexibility index (Phi) is 3.03. The summed E-state index contributed by atoms with van der Waals surface area (Å²) in [5.41, 5.74) is 0.213. The van der Waals surface area contributed by atoms with Crippen molar-refractivity contribution < 1.29 is 10.2 Å². The molecule has 7 nitrogen and oxygen atoms in total. The lowest BCUT2D eigenvalue weighted by molar-refractivity contribution is 0.0815. The Morgan fingerprint density at radius 3 is 3.06 bits per heavy atom. The van der Waals surface area contributed by atoms with Crippen molar-refractivity contribution in [2.24, 2.45) is 0 Å². The van der Waals surface area contributed by atoms with E-state index in [1.807, 2.05) is 0 Å². The number of hydrogen-bond donors (Lipinski definition) is 3. The minimum atomic E-state index is -0.921. The Morgan fingerprint density at radius 1 is 1.62 bits per heavy atom. The van der Waals surface area contributed by atoms with Crippen LogP contribution in [0.5, 0.6) is 0 Å². The number of fused-ring (bicyclic) bond motifs is 1. The van der Waals surface area contributed by atoms with Crippen LogP contribution < -0.4 is 5.56 Å². The van der Waals surface area contributed by atoms with Crippen molar-refractivity contribution in [2.75, 3.05) is 6.61 Å².